The van der Waals surface area contributed by atoms with Crippen LogP contribution in [0.25, 0.3) is 0 Å². The van der Waals surface area contributed by atoms with Crippen LogP contribution in [0.2, 0.25) is 0 Å². The van der Waals surface area contributed by atoms with Crippen LogP contribution in [0.5, 0.6) is 23.0 Å². The summed E-state index contributed by atoms with van der Waals surface area (Å²) in [5.41, 5.74) is 12.1. The second-order valence-electron chi connectivity index (χ2n) is 14.3. The van der Waals surface area contributed by atoms with E-state index in [1.165, 1.54) is 22.9 Å². The van der Waals surface area contributed by atoms with Crippen LogP contribution in [-0.4, -0.2) is 21.6 Å². The zero-order chi connectivity index (χ0) is 41.5. The Morgan fingerprint density at radius 2 is 0.694 bits per heavy atom. The Bertz CT molecular complexity index is 1950. The van der Waals surface area contributed by atoms with Crippen LogP contribution in [-0.2, 0) is 84.1 Å². The first-order chi connectivity index (χ1) is 27.6. The van der Waals surface area contributed by atoms with Crippen molar-refractivity contribution in [3.63, 3.8) is 0 Å². The van der Waals surface area contributed by atoms with E-state index >= 15 is 0 Å². The number of thioether (sulfide) groups is 1. The minimum atomic E-state index is -0.0589. The summed E-state index contributed by atoms with van der Waals surface area (Å²) in [6, 6.07) is 36.6. The monoisotopic (exact) mass is 932 g/mol. The Kier molecular flexibility index (Phi) is 29.2. The molecule has 0 fully saturated rings. The van der Waals surface area contributed by atoms with Gasteiger partial charge >= 0.3 is 0 Å². The predicted molar refractivity (Wildman–Crippen MR) is 267 cm³/mol. The molecule has 0 amide bonds. The second-order valence-corrected chi connectivity index (χ2v) is 14.9. The summed E-state index contributed by atoms with van der Waals surface area (Å²) in [5.74, 6) is 0.442. The molecule has 6 heteroatoms. The van der Waals surface area contributed by atoms with Gasteiger partial charge < -0.3 is 39.6 Å². The third kappa shape index (κ3) is 16.3. The number of rotatable bonds is 6. The molecule has 0 spiro atoms. The summed E-state index contributed by atoms with van der Waals surface area (Å²) >= 11 is 1.50. The third-order valence-electron chi connectivity index (χ3n) is 10.1. The van der Waals surface area contributed by atoms with Crippen molar-refractivity contribution < 1.29 is 53.1 Å². The van der Waals surface area contributed by atoms with E-state index in [2.05, 4.69) is 30.5 Å². The number of hydrogen-bond acceptors (Lipinski definition) is 5. The van der Waals surface area contributed by atoms with Crippen molar-refractivity contribution in [2.45, 2.75) is 115 Å². The summed E-state index contributed by atoms with van der Waals surface area (Å²) in [4.78, 5) is 0. The second kappa shape index (κ2) is 30.1. The van der Waals surface area contributed by atoms with Gasteiger partial charge in [-0.05, 0) is 101 Å². The molecule has 0 aromatic heterocycles. The molecule has 8 bridgehead atoms. The van der Waals surface area contributed by atoms with E-state index < -0.39 is 0 Å². The number of fused-ring (bicyclic) bond motifs is 8. The van der Waals surface area contributed by atoms with Crippen molar-refractivity contribution >= 4 is 11.8 Å². The summed E-state index contributed by atoms with van der Waals surface area (Å²) in [5, 5.41) is 49.4. The Balaban J connectivity index is 0. The van der Waals surface area contributed by atoms with E-state index in [4.69, 9.17) is 0 Å². The zero-order valence-corrected chi connectivity index (χ0v) is 40.1. The average Bonchev–Trinajstić information content (AvgIpc) is 3.22. The van der Waals surface area contributed by atoms with E-state index in [-0.39, 0.29) is 98.3 Å². The van der Waals surface area contributed by atoms with Gasteiger partial charge in [0.15, 0.2) is 0 Å². The van der Waals surface area contributed by atoms with Gasteiger partial charge in [-0.1, -0.05) is 181 Å². The molecule has 0 saturated carbocycles. The molecule has 4 nitrogen and oxygen atoms in total. The number of phenolic OH excluding ortho intramolecular Hbond substituents is 3. The van der Waals surface area contributed by atoms with E-state index in [0.717, 1.165) is 59.1 Å². The summed E-state index contributed by atoms with van der Waals surface area (Å²) in [6.45, 7) is 12.0. The number of aryl methyl sites for hydroxylation is 6. The van der Waals surface area contributed by atoms with Crippen molar-refractivity contribution in [3.05, 3.63) is 201 Å². The van der Waals surface area contributed by atoms with Crippen LogP contribution in [0, 0.1) is 27.5 Å². The Hall–Kier alpha value is -4.03. The molecular formula is C56H75O4SY-3. The van der Waals surface area contributed by atoms with Crippen molar-refractivity contribution in [2.75, 3.05) is 6.26 Å². The molecule has 1 radical (unpaired) electrons. The SMILES string of the molecule is C.C.C.CC.CC.Cc1cc2c(O)c(c1)Cc1cc(CCc3ccccc3)cc(c1O)Cc1cc(C)cc(c1O)Cc1cc(CCc3ccccc3)cc(c1[O-])C2.[CH2-]SC.[CH3-].[Y]. The van der Waals surface area contributed by atoms with Gasteiger partial charge in [0, 0.05) is 58.4 Å². The standard InChI is InChI=1S/C46H44O4.C2H5S.2C2H6.3CH4.CH3.Y/c1-29-17-35-25-39-21-33(15-13-31-9-5-3-6-10-31)23-41(45(39)49)27-37-19-30(2)20-38(44(37)48)28-42-24-34(16-14-32-11-7-4-8-12-32)22-40(46(42)50)26-36(18-29)43(35)47;1-3-2;2*1-2;;;;;/h3-12,17-24,47-50H,13-16,25-28H2,1-2H3;1H2,2H3;2*1-2H3;3*1H4;1H3;/q;-1;;;;;;-1;/p-1. The van der Waals surface area contributed by atoms with Crippen molar-refractivity contribution in [2.24, 2.45) is 0 Å². The molecule has 6 aromatic carbocycles. The van der Waals surface area contributed by atoms with E-state index in [9.17, 15) is 20.4 Å². The van der Waals surface area contributed by atoms with Gasteiger partial charge in [-0.25, -0.2) is 0 Å². The predicted octanol–water partition coefficient (Wildman–Crippen LogP) is 14.3. The maximum absolute atomic E-state index is 14.2. The van der Waals surface area contributed by atoms with E-state index in [1.54, 1.807) is 0 Å². The maximum Gasteiger partial charge on any atom is 0.122 e. The minimum Gasteiger partial charge on any atom is -0.872 e. The Labute approximate surface area is 407 Å². The summed E-state index contributed by atoms with van der Waals surface area (Å²) in [6.07, 6.45) is 9.80. The van der Waals surface area contributed by atoms with Crippen molar-refractivity contribution in [3.8, 4) is 23.0 Å². The molecule has 3 N–H and O–H groups in total. The molecule has 7 rings (SSSR count). The number of aromatic hydroxyl groups is 3. The van der Waals surface area contributed by atoms with Gasteiger partial charge in [-0.15, -0.1) is 5.75 Å². The fourth-order valence-corrected chi connectivity index (χ4v) is 7.57. The average molecular weight is 933 g/mol. The summed E-state index contributed by atoms with van der Waals surface area (Å²) < 4.78 is 0. The maximum atomic E-state index is 14.2. The summed E-state index contributed by atoms with van der Waals surface area (Å²) in [7, 11) is 0. The van der Waals surface area contributed by atoms with Crippen LogP contribution in [0.15, 0.2) is 109 Å². The zero-order valence-electron chi connectivity index (χ0n) is 36.5. The first-order valence-corrected chi connectivity index (χ1v) is 21.6. The van der Waals surface area contributed by atoms with Gasteiger partial charge in [0.2, 0.25) is 0 Å². The largest absolute Gasteiger partial charge is 0.872 e. The molecule has 0 unspecified atom stereocenters. The molecule has 0 aliphatic heterocycles. The molecule has 335 valence electrons. The molecule has 1 aliphatic rings. The Morgan fingerprint density at radius 3 is 0.984 bits per heavy atom. The smallest absolute Gasteiger partial charge is 0.122 e. The van der Waals surface area contributed by atoms with Gasteiger partial charge in [0.1, 0.15) is 17.2 Å². The van der Waals surface area contributed by atoms with Gasteiger partial charge in [0.25, 0.3) is 0 Å². The number of hydrogen-bond donors (Lipinski definition) is 3. The third-order valence-corrected chi connectivity index (χ3v) is 10.1. The number of phenols is 3. The van der Waals surface area contributed by atoms with Gasteiger partial charge in [-0.2, -0.15) is 0 Å². The van der Waals surface area contributed by atoms with Crippen LogP contribution in [0.4, 0.5) is 0 Å². The molecule has 0 atom stereocenters. The number of benzene rings is 6. The van der Waals surface area contributed by atoms with Crippen molar-refractivity contribution in [1.29, 1.82) is 0 Å². The molecular weight excluding hydrogens is 858 g/mol. The van der Waals surface area contributed by atoms with Gasteiger partial charge in [0.05, 0.1) is 0 Å². The minimum absolute atomic E-state index is 0. The topological polar surface area (TPSA) is 83.8 Å². The van der Waals surface area contributed by atoms with E-state index in [0.29, 0.717) is 46.2 Å². The van der Waals surface area contributed by atoms with Crippen LogP contribution < -0.4 is 5.11 Å². The fourth-order valence-electron chi connectivity index (χ4n) is 7.57. The first kappa shape index (κ1) is 60.1. The van der Waals surface area contributed by atoms with E-state index in [1.807, 2.05) is 133 Å². The quantitative estimate of drug-likeness (QED) is 0.145. The fraction of sp³-hybridized carbons (Fsp3) is 0.321. The van der Waals surface area contributed by atoms with Crippen molar-refractivity contribution in [1.82, 2.24) is 0 Å². The van der Waals surface area contributed by atoms with Gasteiger partial charge in [-0.3, -0.25) is 6.26 Å². The molecule has 62 heavy (non-hydrogen) atoms. The van der Waals surface area contributed by atoms with Crippen LogP contribution >= 0.6 is 11.8 Å². The van der Waals surface area contributed by atoms with Crippen LogP contribution in [0.1, 0.15) is 128 Å². The molecule has 6 aromatic rings. The molecule has 0 heterocycles. The van der Waals surface area contributed by atoms with Crippen LogP contribution in [0.3, 0.4) is 0 Å². The molecule has 0 saturated heterocycles. The molecule has 1 aliphatic carbocycles. The first-order valence-electron chi connectivity index (χ1n) is 20.3. The normalized spacial score (nSPS) is 10.6. The Morgan fingerprint density at radius 1 is 0.468 bits per heavy atom.